The molecule has 1 atom stereocenters. The topological polar surface area (TPSA) is 46.5 Å². The molecule has 3 nitrogen and oxygen atoms in total. The summed E-state index contributed by atoms with van der Waals surface area (Å²) in [6.45, 7) is 0.485. The Morgan fingerprint density at radius 2 is 1.75 bits per heavy atom. The van der Waals surface area contributed by atoms with E-state index in [0.29, 0.717) is 13.0 Å². The predicted octanol–water partition coefficient (Wildman–Crippen LogP) is 3.73. The largest absolute Gasteiger partial charge is 0.480 e. The van der Waals surface area contributed by atoms with Crippen LogP contribution in [0.5, 0.6) is 5.75 Å². The Morgan fingerprint density at radius 1 is 1.20 bits per heavy atom. The molecule has 0 aliphatic carbocycles. The highest BCUT2D eigenvalue weighted by atomic mass is 19.4. The monoisotopic (exact) mass is 302 g/mol. The second kappa shape index (κ2) is 5.22. The number of para-hydroxylation sites is 1. The summed E-state index contributed by atoms with van der Waals surface area (Å²) in [6, 6.07) is 1.96. The van der Waals surface area contributed by atoms with E-state index in [9.17, 15) is 31.1 Å². The third-order valence-corrected chi connectivity index (χ3v) is 2.31. The first-order valence-electron chi connectivity index (χ1n) is 5.11. The highest BCUT2D eigenvalue weighted by molar-refractivity contribution is 5.91. The molecule has 0 saturated heterocycles. The number of carboxylic acids is 1. The Morgan fingerprint density at radius 3 is 2.15 bits per heavy atom. The molecule has 1 aromatic rings. The van der Waals surface area contributed by atoms with Gasteiger partial charge >= 0.3 is 18.3 Å². The van der Waals surface area contributed by atoms with Gasteiger partial charge in [-0.2, -0.15) is 26.3 Å². The number of rotatable bonds is 3. The van der Waals surface area contributed by atoms with Gasteiger partial charge in [-0.3, -0.25) is 0 Å². The maximum absolute atomic E-state index is 12.7. The van der Waals surface area contributed by atoms with Crippen molar-refractivity contribution < 1.29 is 41.0 Å². The predicted molar refractivity (Wildman–Crippen MR) is 54.5 cm³/mol. The minimum absolute atomic E-state index is 0.449. The van der Waals surface area contributed by atoms with Crippen LogP contribution in [0.3, 0.4) is 0 Å². The van der Waals surface area contributed by atoms with E-state index in [1.54, 1.807) is 0 Å². The molecule has 0 bridgehead atoms. The minimum atomic E-state index is -5.04. The Labute approximate surface area is 108 Å². The van der Waals surface area contributed by atoms with Crippen molar-refractivity contribution >= 4 is 5.97 Å². The zero-order valence-corrected chi connectivity index (χ0v) is 9.84. The summed E-state index contributed by atoms with van der Waals surface area (Å²) in [4.78, 5) is 10.8. The van der Waals surface area contributed by atoms with Crippen LogP contribution in [0.4, 0.5) is 26.3 Å². The summed E-state index contributed by atoms with van der Waals surface area (Å²) in [5, 5.41) is 8.74. The number of hydrogen-bond acceptors (Lipinski definition) is 2. The first-order chi connectivity index (χ1) is 8.94. The lowest BCUT2D eigenvalue weighted by atomic mass is 10.1. The summed E-state index contributed by atoms with van der Waals surface area (Å²) in [6.07, 6.45) is -12.5. The maximum Gasteiger partial charge on any atom is 0.425 e. The Kier molecular flexibility index (Phi) is 4.21. The lowest BCUT2D eigenvalue weighted by Crippen LogP contribution is -2.32. The van der Waals surface area contributed by atoms with E-state index in [1.165, 1.54) is 0 Å². The van der Waals surface area contributed by atoms with Crippen molar-refractivity contribution in [2.24, 2.45) is 0 Å². The van der Waals surface area contributed by atoms with E-state index >= 15 is 0 Å². The molecule has 1 aromatic carbocycles. The van der Waals surface area contributed by atoms with Gasteiger partial charge in [-0.05, 0) is 19.1 Å². The fourth-order valence-electron chi connectivity index (χ4n) is 1.30. The number of benzene rings is 1. The van der Waals surface area contributed by atoms with E-state index in [-0.39, 0.29) is 0 Å². The van der Waals surface area contributed by atoms with E-state index in [0.717, 1.165) is 12.1 Å². The molecular formula is C11H8F6O3. The Hall–Kier alpha value is -1.93. The first-order valence-corrected chi connectivity index (χ1v) is 5.11. The lowest BCUT2D eigenvalue weighted by Gasteiger charge is -2.21. The third kappa shape index (κ3) is 3.55. The van der Waals surface area contributed by atoms with Crippen molar-refractivity contribution in [1.29, 1.82) is 0 Å². The van der Waals surface area contributed by atoms with Crippen LogP contribution >= 0.6 is 0 Å². The van der Waals surface area contributed by atoms with Gasteiger partial charge in [-0.15, -0.1) is 0 Å². The summed E-state index contributed by atoms with van der Waals surface area (Å²) in [5.41, 5.74) is -2.57. The molecule has 0 aliphatic heterocycles. The smallest absolute Gasteiger partial charge is 0.425 e. The number of carboxylic acid groups (broad SMARTS) is 1. The van der Waals surface area contributed by atoms with Gasteiger partial charge in [-0.25, -0.2) is 4.79 Å². The lowest BCUT2D eigenvalue weighted by molar-refractivity contribution is -0.191. The molecule has 0 spiro atoms. The van der Waals surface area contributed by atoms with Gasteiger partial charge in [0.25, 0.3) is 0 Å². The first kappa shape index (κ1) is 16.1. The normalized spacial score (nSPS) is 13.9. The van der Waals surface area contributed by atoms with Gasteiger partial charge in [0.1, 0.15) is 11.3 Å². The number of aromatic carboxylic acids is 1. The molecule has 1 rings (SSSR count). The minimum Gasteiger partial charge on any atom is -0.480 e. The molecular weight excluding hydrogens is 294 g/mol. The van der Waals surface area contributed by atoms with Gasteiger partial charge < -0.3 is 9.84 Å². The average Bonchev–Trinajstić information content (AvgIpc) is 2.25. The van der Waals surface area contributed by atoms with E-state index < -0.39 is 41.3 Å². The quantitative estimate of drug-likeness (QED) is 0.865. The number of ether oxygens (including phenoxy) is 1. The number of carbonyl (C=O) groups is 1. The van der Waals surface area contributed by atoms with Crippen LogP contribution < -0.4 is 4.74 Å². The van der Waals surface area contributed by atoms with Gasteiger partial charge in [0.15, 0.2) is 6.10 Å². The fourth-order valence-corrected chi connectivity index (χ4v) is 1.30. The van der Waals surface area contributed by atoms with E-state index in [4.69, 9.17) is 5.11 Å². The molecule has 112 valence electrons. The molecule has 0 heterocycles. The molecule has 1 unspecified atom stereocenters. The molecule has 1 N–H and O–H groups in total. The molecule has 0 aromatic heterocycles. The van der Waals surface area contributed by atoms with Crippen LogP contribution in [0.1, 0.15) is 22.8 Å². The van der Waals surface area contributed by atoms with Crippen molar-refractivity contribution in [3.63, 3.8) is 0 Å². The van der Waals surface area contributed by atoms with E-state index in [1.807, 2.05) is 0 Å². The molecule has 0 aliphatic rings. The Balaban J connectivity index is 3.37. The maximum atomic E-state index is 12.7. The fraction of sp³-hybridized carbons (Fsp3) is 0.364. The van der Waals surface area contributed by atoms with Crippen molar-refractivity contribution in [1.82, 2.24) is 0 Å². The van der Waals surface area contributed by atoms with Gasteiger partial charge in [-0.1, -0.05) is 6.07 Å². The SMILES string of the molecule is CC(Oc1c(C(=O)O)cccc1C(F)(F)F)C(F)(F)F. The molecule has 0 fully saturated rings. The van der Waals surface area contributed by atoms with Crippen molar-refractivity contribution in [3.8, 4) is 5.75 Å². The number of hydrogen-bond donors (Lipinski definition) is 1. The zero-order valence-electron chi connectivity index (χ0n) is 9.84. The molecule has 0 radical (unpaired) electrons. The molecule has 0 amide bonds. The summed E-state index contributed by atoms with van der Waals surface area (Å²) in [7, 11) is 0. The van der Waals surface area contributed by atoms with Crippen molar-refractivity contribution in [3.05, 3.63) is 29.3 Å². The standard InChI is InChI=1S/C11H8F6O3/c1-5(10(12,13)14)20-8-6(9(18)19)3-2-4-7(8)11(15,16)17/h2-5H,1H3,(H,18,19). The number of alkyl halides is 6. The second-order valence-corrected chi connectivity index (χ2v) is 3.79. The van der Waals surface area contributed by atoms with Crippen molar-refractivity contribution in [2.75, 3.05) is 0 Å². The zero-order chi connectivity index (χ0) is 15.7. The highest BCUT2D eigenvalue weighted by Crippen LogP contribution is 2.39. The molecule has 0 saturated carbocycles. The van der Waals surface area contributed by atoms with Crippen LogP contribution in [0.2, 0.25) is 0 Å². The van der Waals surface area contributed by atoms with Gasteiger partial charge in [0, 0.05) is 0 Å². The summed E-state index contributed by atoms with van der Waals surface area (Å²) < 4.78 is 79.3. The van der Waals surface area contributed by atoms with Crippen LogP contribution in [0.25, 0.3) is 0 Å². The van der Waals surface area contributed by atoms with Crippen LogP contribution in [-0.4, -0.2) is 23.4 Å². The van der Waals surface area contributed by atoms with Gasteiger partial charge in [0.05, 0.1) is 5.56 Å². The molecule has 9 heteroatoms. The Bertz CT molecular complexity index is 506. The summed E-state index contributed by atoms with van der Waals surface area (Å²) >= 11 is 0. The van der Waals surface area contributed by atoms with Gasteiger partial charge in [0.2, 0.25) is 0 Å². The van der Waals surface area contributed by atoms with E-state index in [2.05, 4.69) is 4.74 Å². The highest BCUT2D eigenvalue weighted by Gasteiger charge is 2.42. The third-order valence-electron chi connectivity index (χ3n) is 2.31. The summed E-state index contributed by atoms with van der Waals surface area (Å²) in [5.74, 6) is -3.17. The van der Waals surface area contributed by atoms with Crippen LogP contribution in [-0.2, 0) is 6.18 Å². The van der Waals surface area contributed by atoms with Crippen LogP contribution in [0, 0.1) is 0 Å². The number of halogens is 6. The van der Waals surface area contributed by atoms with Crippen LogP contribution in [0.15, 0.2) is 18.2 Å². The molecule has 20 heavy (non-hydrogen) atoms. The average molecular weight is 302 g/mol. The van der Waals surface area contributed by atoms with Crippen molar-refractivity contribution in [2.45, 2.75) is 25.4 Å². The second-order valence-electron chi connectivity index (χ2n) is 3.79.